The molecule has 3 aromatic carbocycles. The van der Waals surface area contributed by atoms with Gasteiger partial charge in [-0.3, -0.25) is 4.79 Å². The van der Waals surface area contributed by atoms with Gasteiger partial charge in [0, 0.05) is 16.6 Å². The summed E-state index contributed by atoms with van der Waals surface area (Å²) < 4.78 is 39.1. The highest BCUT2D eigenvalue weighted by molar-refractivity contribution is 9.10. The molecule has 0 aliphatic carbocycles. The number of methoxy groups -OCH3 is 2. The average molecular weight is 560 g/mol. The van der Waals surface area contributed by atoms with Crippen LogP contribution in [0.1, 0.15) is 11.1 Å². The van der Waals surface area contributed by atoms with E-state index in [0.29, 0.717) is 23.5 Å². The fourth-order valence-corrected chi connectivity index (χ4v) is 4.98. The van der Waals surface area contributed by atoms with Gasteiger partial charge in [0.05, 0.1) is 31.9 Å². The van der Waals surface area contributed by atoms with Crippen molar-refractivity contribution >= 4 is 38.1 Å². The molecule has 8 nitrogen and oxygen atoms in total. The Kier molecular flexibility index (Phi) is 9.41. The fourth-order valence-electron chi connectivity index (χ4n) is 3.32. The number of carbonyl (C=O) groups excluding carboxylic acids is 1. The number of halogens is 1. The Labute approximate surface area is 213 Å². The number of sulfonamides is 1. The summed E-state index contributed by atoms with van der Waals surface area (Å²) >= 11 is 3.31. The standard InChI is InChI=1S/C25H26BrN3O5S/c1-33-23-10-6-9-20(25(23)34-2)17-27-28-24(30)18-29(16-15-19-7-4-3-5-8-19)35(31,32)22-13-11-21(26)12-14-22/h3-14,17H,15-16,18H2,1-2H3,(H,28,30)/b27-17-. The third-order valence-electron chi connectivity index (χ3n) is 5.09. The number of hydrogen-bond donors (Lipinski definition) is 1. The lowest BCUT2D eigenvalue weighted by molar-refractivity contribution is -0.121. The molecule has 3 aromatic rings. The van der Waals surface area contributed by atoms with Crippen molar-refractivity contribution in [2.75, 3.05) is 27.3 Å². The van der Waals surface area contributed by atoms with Crippen molar-refractivity contribution < 1.29 is 22.7 Å². The Bertz CT molecular complexity index is 1270. The number of nitrogens with one attached hydrogen (secondary N) is 1. The minimum Gasteiger partial charge on any atom is -0.493 e. The average Bonchev–Trinajstić information content (AvgIpc) is 2.87. The summed E-state index contributed by atoms with van der Waals surface area (Å²) in [6, 6.07) is 21.0. The molecule has 0 radical (unpaired) electrons. The Morgan fingerprint density at radius 2 is 1.71 bits per heavy atom. The number of amides is 1. The Morgan fingerprint density at radius 3 is 2.37 bits per heavy atom. The number of rotatable bonds is 11. The summed E-state index contributed by atoms with van der Waals surface area (Å²) in [5.74, 6) is 0.419. The minimum atomic E-state index is -3.92. The Balaban J connectivity index is 1.76. The molecule has 184 valence electrons. The molecule has 0 fully saturated rings. The zero-order chi connectivity index (χ0) is 25.3. The monoisotopic (exact) mass is 559 g/mol. The molecule has 0 atom stereocenters. The van der Waals surface area contributed by atoms with Crippen molar-refractivity contribution in [3.63, 3.8) is 0 Å². The summed E-state index contributed by atoms with van der Waals surface area (Å²) in [7, 11) is -0.887. The van der Waals surface area contributed by atoms with Crippen molar-refractivity contribution in [3.8, 4) is 11.5 Å². The van der Waals surface area contributed by atoms with Crippen LogP contribution in [0.25, 0.3) is 0 Å². The van der Waals surface area contributed by atoms with E-state index in [0.717, 1.165) is 14.3 Å². The maximum Gasteiger partial charge on any atom is 0.255 e. The molecule has 1 amide bonds. The lowest BCUT2D eigenvalue weighted by atomic mass is 10.1. The van der Waals surface area contributed by atoms with Crippen molar-refractivity contribution in [3.05, 3.63) is 88.4 Å². The largest absolute Gasteiger partial charge is 0.493 e. The number of hydrazone groups is 1. The molecule has 0 aromatic heterocycles. The second-order valence-electron chi connectivity index (χ2n) is 7.40. The van der Waals surface area contributed by atoms with E-state index in [4.69, 9.17) is 9.47 Å². The third-order valence-corrected chi connectivity index (χ3v) is 7.48. The van der Waals surface area contributed by atoms with E-state index in [1.807, 2.05) is 30.3 Å². The van der Waals surface area contributed by atoms with Gasteiger partial charge in [0.1, 0.15) is 0 Å². The van der Waals surface area contributed by atoms with Gasteiger partial charge < -0.3 is 9.47 Å². The molecule has 0 aliphatic rings. The van der Waals surface area contributed by atoms with Crippen LogP contribution in [0.15, 0.2) is 87.3 Å². The predicted molar refractivity (Wildman–Crippen MR) is 138 cm³/mol. The van der Waals surface area contributed by atoms with Crippen LogP contribution in [-0.2, 0) is 21.2 Å². The highest BCUT2D eigenvalue weighted by Crippen LogP contribution is 2.29. The van der Waals surface area contributed by atoms with E-state index < -0.39 is 22.5 Å². The molecule has 0 saturated heterocycles. The molecular formula is C25H26BrN3O5S. The van der Waals surface area contributed by atoms with Crippen LogP contribution in [0.2, 0.25) is 0 Å². The van der Waals surface area contributed by atoms with E-state index in [9.17, 15) is 13.2 Å². The van der Waals surface area contributed by atoms with Crippen LogP contribution in [-0.4, -0.2) is 52.2 Å². The van der Waals surface area contributed by atoms with Gasteiger partial charge in [-0.15, -0.1) is 0 Å². The number of ether oxygens (including phenoxy) is 2. The first-order valence-corrected chi connectivity index (χ1v) is 12.9. The van der Waals surface area contributed by atoms with Gasteiger partial charge >= 0.3 is 0 Å². The fraction of sp³-hybridized carbons (Fsp3) is 0.200. The first-order chi connectivity index (χ1) is 16.8. The summed E-state index contributed by atoms with van der Waals surface area (Å²) in [6.45, 7) is -0.263. The van der Waals surface area contributed by atoms with E-state index in [2.05, 4.69) is 26.5 Å². The highest BCUT2D eigenvalue weighted by atomic mass is 79.9. The van der Waals surface area contributed by atoms with E-state index in [-0.39, 0.29) is 11.4 Å². The topological polar surface area (TPSA) is 97.3 Å². The molecule has 1 N–H and O–H groups in total. The second-order valence-corrected chi connectivity index (χ2v) is 10.3. The lowest BCUT2D eigenvalue weighted by Gasteiger charge is -2.21. The molecule has 0 saturated carbocycles. The molecule has 0 unspecified atom stereocenters. The maximum atomic E-state index is 13.3. The number of benzene rings is 3. The quantitative estimate of drug-likeness (QED) is 0.284. The predicted octanol–water partition coefficient (Wildman–Crippen LogP) is 3.85. The van der Waals surface area contributed by atoms with Crippen LogP contribution in [0.5, 0.6) is 11.5 Å². The SMILES string of the molecule is COc1cccc(/C=N\NC(=O)CN(CCc2ccccc2)S(=O)(=O)c2ccc(Br)cc2)c1OC. The van der Waals surface area contributed by atoms with Crippen LogP contribution in [0.4, 0.5) is 0 Å². The van der Waals surface area contributed by atoms with Gasteiger partial charge in [-0.1, -0.05) is 52.3 Å². The first kappa shape index (κ1) is 26.4. The number of nitrogens with zero attached hydrogens (tertiary/aromatic N) is 2. The molecule has 0 bridgehead atoms. The van der Waals surface area contributed by atoms with Crippen molar-refractivity contribution in [1.82, 2.24) is 9.73 Å². The lowest BCUT2D eigenvalue weighted by Crippen LogP contribution is -2.40. The first-order valence-electron chi connectivity index (χ1n) is 10.7. The summed E-state index contributed by atoms with van der Waals surface area (Å²) in [5.41, 5.74) is 3.96. The van der Waals surface area contributed by atoms with Crippen molar-refractivity contribution in [2.45, 2.75) is 11.3 Å². The Morgan fingerprint density at radius 1 is 1.00 bits per heavy atom. The molecule has 35 heavy (non-hydrogen) atoms. The van der Waals surface area contributed by atoms with Crippen molar-refractivity contribution in [2.24, 2.45) is 5.10 Å². The van der Waals surface area contributed by atoms with Gasteiger partial charge in [-0.2, -0.15) is 9.41 Å². The molecular weight excluding hydrogens is 534 g/mol. The molecule has 10 heteroatoms. The number of carbonyl (C=O) groups is 1. The summed E-state index contributed by atoms with van der Waals surface area (Å²) in [4.78, 5) is 12.8. The van der Waals surface area contributed by atoms with Gasteiger partial charge in [0.2, 0.25) is 10.0 Å². The van der Waals surface area contributed by atoms with E-state index in [1.165, 1.54) is 32.6 Å². The zero-order valence-electron chi connectivity index (χ0n) is 19.3. The number of para-hydroxylation sites is 1. The van der Waals surface area contributed by atoms with E-state index >= 15 is 0 Å². The van der Waals surface area contributed by atoms with Crippen molar-refractivity contribution in [1.29, 1.82) is 0 Å². The normalized spacial score (nSPS) is 11.5. The van der Waals surface area contributed by atoms with Gasteiger partial charge in [-0.05, 0) is 48.4 Å². The van der Waals surface area contributed by atoms with Crippen LogP contribution in [0.3, 0.4) is 0 Å². The third kappa shape index (κ3) is 7.14. The van der Waals surface area contributed by atoms with Gasteiger partial charge in [0.15, 0.2) is 11.5 Å². The smallest absolute Gasteiger partial charge is 0.255 e. The minimum absolute atomic E-state index is 0.103. The highest BCUT2D eigenvalue weighted by Gasteiger charge is 2.26. The van der Waals surface area contributed by atoms with Crippen LogP contribution < -0.4 is 14.9 Å². The molecule has 0 heterocycles. The summed E-state index contributed by atoms with van der Waals surface area (Å²) in [5, 5.41) is 3.98. The molecule has 0 spiro atoms. The second kappa shape index (κ2) is 12.5. The van der Waals surface area contributed by atoms with Crippen LogP contribution >= 0.6 is 15.9 Å². The van der Waals surface area contributed by atoms with Gasteiger partial charge in [-0.25, -0.2) is 13.8 Å². The Hall–Kier alpha value is -3.21. The number of hydrogen-bond acceptors (Lipinski definition) is 6. The maximum absolute atomic E-state index is 13.3. The van der Waals surface area contributed by atoms with Gasteiger partial charge in [0.25, 0.3) is 5.91 Å². The van der Waals surface area contributed by atoms with Crippen LogP contribution in [0, 0.1) is 0 Å². The summed E-state index contributed by atoms with van der Waals surface area (Å²) in [6.07, 6.45) is 1.87. The molecule has 0 aliphatic heterocycles. The molecule has 3 rings (SSSR count). The zero-order valence-corrected chi connectivity index (χ0v) is 21.8. The van der Waals surface area contributed by atoms with E-state index in [1.54, 1.807) is 30.3 Å².